The fraction of sp³-hybridized carbons (Fsp3) is 0.800. The minimum atomic E-state index is -2.48. The maximum atomic E-state index is 13.0. The van der Waals surface area contributed by atoms with Crippen molar-refractivity contribution in [1.82, 2.24) is 4.90 Å². The number of hydrogen-bond donors (Lipinski definition) is 0. The second-order valence-corrected chi connectivity index (χ2v) is 3.57. The fourth-order valence-corrected chi connectivity index (χ4v) is 1.50. The van der Waals surface area contributed by atoms with Gasteiger partial charge in [0.15, 0.2) is 0 Å². The number of nitrogens with zero attached hydrogens (tertiary/aromatic N) is 1. The molecular weight excluding hydrogens is 172 g/mol. The molecule has 0 aromatic carbocycles. The van der Waals surface area contributed by atoms with E-state index >= 15 is 0 Å². The zero-order chi connectivity index (χ0) is 9.90. The Hall–Kier alpha value is -0.620. The molecule has 1 saturated heterocycles. The van der Waals surface area contributed by atoms with E-state index in [0.717, 1.165) is 0 Å². The smallest absolute Gasteiger partial charge is 0.253 e. The Morgan fingerprint density at radius 1 is 1.54 bits per heavy atom. The summed E-state index contributed by atoms with van der Waals surface area (Å²) in [6.07, 6.45) is -0.0282. The quantitative estimate of drug-likeness (QED) is 0.567. The van der Waals surface area contributed by atoms with Gasteiger partial charge in [-0.1, -0.05) is 12.8 Å². The molecule has 74 valence electrons. The predicted molar refractivity (Wildman–Crippen MR) is 48.6 cm³/mol. The molecule has 13 heavy (non-hydrogen) atoms. The van der Waals surface area contributed by atoms with Crippen molar-refractivity contribution in [3.8, 4) is 11.8 Å². The molecular formula is C10H15F2N. The molecule has 0 aromatic rings. The van der Waals surface area contributed by atoms with Crippen LogP contribution in [0.15, 0.2) is 0 Å². The van der Waals surface area contributed by atoms with Gasteiger partial charge >= 0.3 is 0 Å². The molecule has 0 bridgehead atoms. The van der Waals surface area contributed by atoms with Crippen molar-refractivity contribution in [3.63, 3.8) is 0 Å². The molecule has 0 spiro atoms. The van der Waals surface area contributed by atoms with Crippen molar-refractivity contribution < 1.29 is 8.78 Å². The Labute approximate surface area is 78.1 Å². The van der Waals surface area contributed by atoms with Crippen LogP contribution in [0.3, 0.4) is 0 Å². The Morgan fingerprint density at radius 3 is 2.77 bits per heavy atom. The van der Waals surface area contributed by atoms with Crippen molar-refractivity contribution >= 4 is 0 Å². The van der Waals surface area contributed by atoms with Crippen LogP contribution in [-0.2, 0) is 0 Å². The van der Waals surface area contributed by atoms with E-state index in [2.05, 4.69) is 11.8 Å². The van der Waals surface area contributed by atoms with Crippen molar-refractivity contribution in [2.75, 3.05) is 19.6 Å². The van der Waals surface area contributed by atoms with Crippen LogP contribution in [0.25, 0.3) is 0 Å². The van der Waals surface area contributed by atoms with E-state index in [1.54, 1.807) is 13.8 Å². The summed E-state index contributed by atoms with van der Waals surface area (Å²) in [6.45, 7) is 4.91. The first-order chi connectivity index (χ1) is 6.06. The van der Waals surface area contributed by atoms with Gasteiger partial charge in [-0.05, 0) is 6.92 Å². The topological polar surface area (TPSA) is 3.24 Å². The van der Waals surface area contributed by atoms with E-state index < -0.39 is 11.8 Å². The van der Waals surface area contributed by atoms with Gasteiger partial charge < -0.3 is 0 Å². The third-order valence-electron chi connectivity index (χ3n) is 2.49. The van der Waals surface area contributed by atoms with Gasteiger partial charge in [0.25, 0.3) is 5.92 Å². The Morgan fingerprint density at radius 2 is 2.23 bits per heavy atom. The zero-order valence-electron chi connectivity index (χ0n) is 8.11. The van der Waals surface area contributed by atoms with Crippen molar-refractivity contribution in [2.45, 2.75) is 26.2 Å². The van der Waals surface area contributed by atoms with Crippen molar-refractivity contribution in [3.05, 3.63) is 0 Å². The van der Waals surface area contributed by atoms with Crippen LogP contribution in [0.4, 0.5) is 8.78 Å². The first kappa shape index (κ1) is 10.5. The summed E-state index contributed by atoms with van der Waals surface area (Å²) in [4.78, 5) is 1.98. The number of likely N-dealkylation sites (tertiary alicyclic amines) is 1. The minimum absolute atomic E-state index is 0.0282. The number of piperidine rings is 1. The summed E-state index contributed by atoms with van der Waals surface area (Å²) >= 11 is 0. The van der Waals surface area contributed by atoms with Gasteiger partial charge in [0, 0.05) is 25.4 Å². The monoisotopic (exact) mass is 187 g/mol. The molecule has 1 rings (SSSR count). The van der Waals surface area contributed by atoms with E-state index in [4.69, 9.17) is 0 Å². The molecule has 1 unspecified atom stereocenters. The molecule has 0 saturated carbocycles. The van der Waals surface area contributed by atoms with Crippen LogP contribution in [0, 0.1) is 17.8 Å². The van der Waals surface area contributed by atoms with Crippen LogP contribution in [0.2, 0.25) is 0 Å². The molecule has 0 N–H and O–H groups in total. The Bertz CT molecular complexity index is 227. The molecule has 1 heterocycles. The number of halogens is 2. The molecule has 1 atom stereocenters. The first-order valence-electron chi connectivity index (χ1n) is 4.56. The molecule has 3 heteroatoms. The lowest BCUT2D eigenvalue weighted by atomic mass is 9.95. The standard InChI is InChI=1S/C10H15F2N/c1-3-4-6-13-7-5-10(11,12)9(2)8-13/h9H,5-8H2,1-2H3. The van der Waals surface area contributed by atoms with Gasteiger partial charge in [-0.15, -0.1) is 5.92 Å². The molecule has 0 radical (unpaired) electrons. The van der Waals surface area contributed by atoms with E-state index in [-0.39, 0.29) is 6.42 Å². The fourth-order valence-electron chi connectivity index (χ4n) is 1.50. The summed E-state index contributed by atoms with van der Waals surface area (Å²) in [5.74, 6) is 2.65. The highest BCUT2D eigenvalue weighted by molar-refractivity contribution is 4.99. The van der Waals surface area contributed by atoms with E-state index in [1.165, 1.54) is 0 Å². The van der Waals surface area contributed by atoms with Gasteiger partial charge in [0.1, 0.15) is 0 Å². The number of alkyl halides is 2. The summed E-state index contributed by atoms with van der Waals surface area (Å²) in [7, 11) is 0. The zero-order valence-corrected chi connectivity index (χ0v) is 8.11. The number of rotatable bonds is 1. The molecule has 0 aromatic heterocycles. The van der Waals surface area contributed by atoms with Gasteiger partial charge in [-0.2, -0.15) is 0 Å². The maximum Gasteiger partial charge on any atom is 0.253 e. The van der Waals surface area contributed by atoms with Crippen LogP contribution < -0.4 is 0 Å². The highest BCUT2D eigenvalue weighted by atomic mass is 19.3. The van der Waals surface area contributed by atoms with Crippen molar-refractivity contribution in [2.24, 2.45) is 5.92 Å². The highest BCUT2D eigenvalue weighted by Gasteiger charge is 2.40. The summed E-state index contributed by atoms with van der Waals surface area (Å²) < 4.78 is 26.1. The lowest BCUT2D eigenvalue weighted by Gasteiger charge is -2.35. The molecule has 1 aliphatic rings. The van der Waals surface area contributed by atoms with E-state index in [1.807, 2.05) is 4.90 Å². The lowest BCUT2D eigenvalue weighted by molar-refractivity contribution is -0.0966. The largest absolute Gasteiger partial charge is 0.292 e. The van der Waals surface area contributed by atoms with Gasteiger partial charge in [0.2, 0.25) is 0 Å². The van der Waals surface area contributed by atoms with E-state index in [0.29, 0.717) is 19.6 Å². The average Bonchev–Trinajstić information content (AvgIpc) is 2.07. The Kier molecular flexibility index (Phi) is 3.27. The van der Waals surface area contributed by atoms with Crippen LogP contribution in [-0.4, -0.2) is 30.5 Å². The molecule has 0 aliphatic carbocycles. The SMILES string of the molecule is CC#CCN1CCC(F)(F)C(C)C1. The Balaban J connectivity index is 2.44. The third-order valence-corrected chi connectivity index (χ3v) is 2.49. The van der Waals surface area contributed by atoms with Gasteiger partial charge in [-0.25, -0.2) is 8.78 Å². The highest BCUT2D eigenvalue weighted by Crippen LogP contribution is 2.32. The molecule has 0 amide bonds. The molecule has 1 aliphatic heterocycles. The average molecular weight is 187 g/mol. The third kappa shape index (κ3) is 2.67. The molecule has 1 nitrogen and oxygen atoms in total. The summed E-state index contributed by atoms with van der Waals surface area (Å²) in [5, 5.41) is 0. The lowest BCUT2D eigenvalue weighted by Crippen LogP contribution is -2.45. The van der Waals surface area contributed by atoms with E-state index in [9.17, 15) is 8.78 Å². The van der Waals surface area contributed by atoms with Crippen LogP contribution >= 0.6 is 0 Å². The maximum absolute atomic E-state index is 13.0. The normalized spacial score (nSPS) is 27.8. The first-order valence-corrected chi connectivity index (χ1v) is 4.56. The second kappa shape index (κ2) is 4.06. The number of hydrogen-bond acceptors (Lipinski definition) is 1. The summed E-state index contributed by atoms with van der Waals surface area (Å²) in [6, 6.07) is 0. The predicted octanol–water partition coefficient (Wildman–Crippen LogP) is 1.99. The van der Waals surface area contributed by atoms with Gasteiger partial charge in [-0.3, -0.25) is 4.90 Å². The second-order valence-electron chi connectivity index (χ2n) is 3.57. The minimum Gasteiger partial charge on any atom is -0.292 e. The summed E-state index contributed by atoms with van der Waals surface area (Å²) in [5.41, 5.74) is 0. The van der Waals surface area contributed by atoms with Gasteiger partial charge in [0.05, 0.1) is 6.54 Å². The van der Waals surface area contributed by atoms with Crippen molar-refractivity contribution in [1.29, 1.82) is 0 Å². The van der Waals surface area contributed by atoms with Crippen LogP contribution in [0.1, 0.15) is 20.3 Å². The van der Waals surface area contributed by atoms with Crippen LogP contribution in [0.5, 0.6) is 0 Å². The molecule has 1 fully saturated rings.